The second kappa shape index (κ2) is 4.94. The number of aliphatic carboxylic acids is 1. The minimum atomic E-state index is -0.789. The molecule has 0 aliphatic carbocycles. The van der Waals surface area contributed by atoms with Crippen molar-refractivity contribution >= 4 is 5.97 Å². The van der Waals surface area contributed by atoms with E-state index in [0.29, 0.717) is 18.7 Å². The Bertz CT molecular complexity index is 458. The number of benzene rings is 1. The lowest BCUT2D eigenvalue weighted by molar-refractivity contribution is -0.139. The number of hydrogen-bond donors (Lipinski definition) is 2. The quantitative estimate of drug-likeness (QED) is 0.861. The van der Waals surface area contributed by atoms with Gasteiger partial charge in [0, 0.05) is 30.8 Å². The monoisotopic (exact) mass is 253 g/mol. The van der Waals surface area contributed by atoms with Crippen LogP contribution in [0.3, 0.4) is 0 Å². The van der Waals surface area contributed by atoms with Gasteiger partial charge in [-0.15, -0.1) is 0 Å². The van der Waals surface area contributed by atoms with E-state index in [-0.39, 0.29) is 24.1 Å². The van der Waals surface area contributed by atoms with Crippen LogP contribution in [-0.2, 0) is 4.79 Å². The maximum atomic E-state index is 13.6. The normalized spacial score (nSPS) is 18.3. The molecule has 0 saturated carbocycles. The van der Waals surface area contributed by atoms with Gasteiger partial charge in [0.05, 0.1) is 6.42 Å². The lowest BCUT2D eigenvalue weighted by Crippen LogP contribution is -2.48. The van der Waals surface area contributed by atoms with Gasteiger partial charge in [-0.2, -0.15) is 0 Å². The molecule has 1 fully saturated rings. The predicted octanol–water partition coefficient (Wildman–Crippen LogP) is 2.00. The Morgan fingerprint density at radius 3 is 2.78 bits per heavy atom. The number of aromatic hydroxyl groups is 1. The van der Waals surface area contributed by atoms with Crippen LogP contribution in [0.25, 0.3) is 0 Å². The van der Waals surface area contributed by atoms with E-state index in [1.165, 1.54) is 6.07 Å². The third-order valence-corrected chi connectivity index (χ3v) is 3.43. The zero-order valence-electron chi connectivity index (χ0n) is 10.1. The number of phenols is 1. The first kappa shape index (κ1) is 12.8. The number of carbonyl (C=O) groups is 1. The molecule has 0 spiro atoms. The third-order valence-electron chi connectivity index (χ3n) is 3.43. The van der Waals surface area contributed by atoms with Crippen LogP contribution in [0.2, 0.25) is 0 Å². The predicted molar refractivity (Wildman–Crippen MR) is 63.8 cm³/mol. The van der Waals surface area contributed by atoms with E-state index in [0.717, 1.165) is 6.07 Å². The average Bonchev–Trinajstić information content (AvgIpc) is 2.21. The van der Waals surface area contributed by atoms with E-state index in [1.54, 1.807) is 6.07 Å². The van der Waals surface area contributed by atoms with Crippen LogP contribution < -0.4 is 0 Å². The van der Waals surface area contributed by atoms with Crippen molar-refractivity contribution in [2.24, 2.45) is 5.92 Å². The third kappa shape index (κ3) is 2.61. The Morgan fingerprint density at radius 1 is 1.56 bits per heavy atom. The van der Waals surface area contributed by atoms with Gasteiger partial charge in [0.1, 0.15) is 11.6 Å². The average molecular weight is 253 g/mol. The van der Waals surface area contributed by atoms with Gasteiger partial charge in [0.25, 0.3) is 0 Å². The van der Waals surface area contributed by atoms with Crippen molar-refractivity contribution in [3.8, 4) is 5.75 Å². The van der Waals surface area contributed by atoms with Gasteiger partial charge in [-0.25, -0.2) is 4.39 Å². The van der Waals surface area contributed by atoms with Gasteiger partial charge in [-0.05, 0) is 18.9 Å². The number of carboxylic acid groups (broad SMARTS) is 1. The Morgan fingerprint density at radius 2 is 2.22 bits per heavy atom. The fourth-order valence-corrected chi connectivity index (χ4v) is 2.35. The largest absolute Gasteiger partial charge is 0.508 e. The summed E-state index contributed by atoms with van der Waals surface area (Å²) >= 11 is 0. The maximum Gasteiger partial charge on any atom is 0.303 e. The number of carboxylic acids is 1. The van der Waals surface area contributed by atoms with E-state index in [4.69, 9.17) is 10.2 Å². The minimum absolute atomic E-state index is 0.0872. The van der Waals surface area contributed by atoms with Crippen molar-refractivity contribution in [3.63, 3.8) is 0 Å². The second-order valence-electron chi connectivity index (χ2n) is 4.80. The molecule has 98 valence electrons. The summed E-state index contributed by atoms with van der Waals surface area (Å²) in [6.07, 6.45) is 0.168. The molecule has 1 unspecified atom stereocenters. The van der Waals surface area contributed by atoms with Gasteiger partial charge < -0.3 is 10.2 Å². The number of likely N-dealkylation sites (tertiary alicyclic amines) is 1. The van der Waals surface area contributed by atoms with Gasteiger partial charge in [0.15, 0.2) is 0 Å². The molecule has 0 radical (unpaired) electrons. The van der Waals surface area contributed by atoms with Gasteiger partial charge in [0.2, 0.25) is 0 Å². The first-order chi connectivity index (χ1) is 8.47. The highest BCUT2D eigenvalue weighted by atomic mass is 19.1. The summed E-state index contributed by atoms with van der Waals surface area (Å²) in [4.78, 5) is 12.6. The molecule has 2 rings (SSSR count). The maximum absolute atomic E-state index is 13.6. The highest BCUT2D eigenvalue weighted by Gasteiger charge is 2.33. The van der Waals surface area contributed by atoms with Gasteiger partial charge in [-0.1, -0.05) is 6.07 Å². The molecule has 0 bridgehead atoms. The molecule has 1 atom stereocenters. The minimum Gasteiger partial charge on any atom is -0.508 e. The summed E-state index contributed by atoms with van der Waals surface area (Å²) in [5.74, 6) is -1.15. The molecule has 5 heteroatoms. The summed E-state index contributed by atoms with van der Waals surface area (Å²) < 4.78 is 13.6. The molecular weight excluding hydrogens is 237 g/mol. The number of halogens is 1. The van der Waals surface area contributed by atoms with E-state index >= 15 is 0 Å². The lowest BCUT2D eigenvalue weighted by atomic mass is 9.92. The molecule has 1 aromatic rings. The number of hydrogen-bond acceptors (Lipinski definition) is 3. The topological polar surface area (TPSA) is 60.8 Å². The molecule has 4 nitrogen and oxygen atoms in total. The molecule has 1 aliphatic rings. The summed E-state index contributed by atoms with van der Waals surface area (Å²) in [6.45, 7) is 3.23. The molecule has 18 heavy (non-hydrogen) atoms. The van der Waals surface area contributed by atoms with Crippen molar-refractivity contribution in [3.05, 3.63) is 29.6 Å². The summed E-state index contributed by atoms with van der Waals surface area (Å²) in [5, 5.41) is 17.8. The van der Waals surface area contributed by atoms with Crippen LogP contribution in [0.15, 0.2) is 18.2 Å². The molecule has 0 aromatic heterocycles. The highest BCUT2D eigenvalue weighted by molar-refractivity contribution is 5.67. The second-order valence-corrected chi connectivity index (χ2v) is 4.80. The molecule has 1 saturated heterocycles. The fraction of sp³-hybridized carbons (Fsp3) is 0.462. The van der Waals surface area contributed by atoms with Crippen molar-refractivity contribution in [2.75, 3.05) is 13.1 Å². The summed E-state index contributed by atoms with van der Waals surface area (Å²) in [6, 6.07) is 4.03. The van der Waals surface area contributed by atoms with Crippen LogP contribution in [0.5, 0.6) is 5.75 Å². The Balaban J connectivity index is 1.97. The molecule has 0 amide bonds. The number of rotatable bonds is 4. The van der Waals surface area contributed by atoms with E-state index in [9.17, 15) is 9.18 Å². The Kier molecular flexibility index (Phi) is 3.52. The first-order valence-corrected chi connectivity index (χ1v) is 5.91. The first-order valence-electron chi connectivity index (χ1n) is 5.91. The van der Waals surface area contributed by atoms with Crippen LogP contribution >= 0.6 is 0 Å². The van der Waals surface area contributed by atoms with Crippen molar-refractivity contribution < 1.29 is 19.4 Å². The number of phenolic OH excluding ortho intramolecular Hbond substituents is 1. The molecule has 1 aromatic carbocycles. The van der Waals surface area contributed by atoms with E-state index < -0.39 is 11.8 Å². The van der Waals surface area contributed by atoms with Crippen molar-refractivity contribution in [2.45, 2.75) is 19.4 Å². The SMILES string of the molecule is CC(c1ccc(O)cc1F)N1CC(CC(=O)O)C1. The van der Waals surface area contributed by atoms with Crippen LogP contribution in [0, 0.1) is 11.7 Å². The van der Waals surface area contributed by atoms with Crippen LogP contribution in [0.4, 0.5) is 4.39 Å². The van der Waals surface area contributed by atoms with Gasteiger partial charge >= 0.3 is 5.97 Å². The lowest BCUT2D eigenvalue weighted by Gasteiger charge is -2.42. The van der Waals surface area contributed by atoms with Crippen molar-refractivity contribution in [1.29, 1.82) is 0 Å². The summed E-state index contributed by atoms with van der Waals surface area (Å²) in [5.41, 5.74) is 0.529. The van der Waals surface area contributed by atoms with E-state index in [2.05, 4.69) is 0 Å². The zero-order valence-corrected chi connectivity index (χ0v) is 10.1. The molecule has 2 N–H and O–H groups in total. The Labute approximate surface area is 105 Å². The van der Waals surface area contributed by atoms with Crippen LogP contribution in [0.1, 0.15) is 24.9 Å². The summed E-state index contributed by atoms with van der Waals surface area (Å²) in [7, 11) is 0. The molecule has 1 aliphatic heterocycles. The number of nitrogens with zero attached hydrogens (tertiary/aromatic N) is 1. The molecular formula is C13H16FNO3. The van der Waals surface area contributed by atoms with Crippen LogP contribution in [-0.4, -0.2) is 34.2 Å². The fourth-order valence-electron chi connectivity index (χ4n) is 2.35. The zero-order chi connectivity index (χ0) is 13.3. The standard InChI is InChI=1S/C13H16FNO3/c1-8(11-3-2-10(16)5-12(11)14)15-6-9(7-15)4-13(17)18/h2-3,5,8-9,16H,4,6-7H2,1H3,(H,17,18). The van der Waals surface area contributed by atoms with E-state index in [1.807, 2.05) is 11.8 Å². The van der Waals surface area contributed by atoms with Gasteiger partial charge in [-0.3, -0.25) is 9.69 Å². The van der Waals surface area contributed by atoms with Crippen molar-refractivity contribution in [1.82, 2.24) is 4.90 Å². The smallest absolute Gasteiger partial charge is 0.303 e. The Hall–Kier alpha value is -1.62. The highest BCUT2D eigenvalue weighted by Crippen LogP contribution is 2.32. The molecule has 1 heterocycles.